The van der Waals surface area contributed by atoms with E-state index < -0.39 is 29.6 Å². The van der Waals surface area contributed by atoms with E-state index in [1.165, 1.54) is 0 Å². The van der Waals surface area contributed by atoms with Crippen molar-refractivity contribution in [3.63, 3.8) is 0 Å². The van der Waals surface area contributed by atoms with Crippen molar-refractivity contribution in [1.29, 1.82) is 0 Å². The zero-order valence-corrected chi connectivity index (χ0v) is 15.5. The van der Waals surface area contributed by atoms with Crippen LogP contribution >= 0.6 is 0 Å². The second-order valence-electron chi connectivity index (χ2n) is 7.01. The number of carbonyl (C=O) groups excluding carboxylic acids is 2. The molecule has 3 N–H and O–H groups in total. The molecular weight excluding hydrogens is 312 g/mol. The van der Waals surface area contributed by atoms with E-state index in [1.54, 1.807) is 20.8 Å². The summed E-state index contributed by atoms with van der Waals surface area (Å²) in [5, 5.41) is 14.0. The highest BCUT2D eigenvalue weighted by molar-refractivity contribution is 5.95. The predicted octanol–water partition coefficient (Wildman–Crippen LogP) is 2.69. The number of unbranched alkanes of at least 4 members (excludes halogenated alkanes) is 2. The Morgan fingerprint density at radius 2 is 1.75 bits per heavy atom. The minimum absolute atomic E-state index is 0.0615. The van der Waals surface area contributed by atoms with Gasteiger partial charge in [0.2, 0.25) is 5.91 Å². The van der Waals surface area contributed by atoms with E-state index in [0.717, 1.165) is 19.3 Å². The van der Waals surface area contributed by atoms with Crippen LogP contribution in [0, 0.1) is 5.92 Å². The molecule has 0 bridgehead atoms. The molecule has 0 radical (unpaired) electrons. The summed E-state index contributed by atoms with van der Waals surface area (Å²) >= 11 is 0. The summed E-state index contributed by atoms with van der Waals surface area (Å²) in [6, 6.07) is -0.484. The number of hydrogen-bond acceptors (Lipinski definition) is 5. The van der Waals surface area contributed by atoms with Crippen LogP contribution in [0.1, 0.15) is 66.7 Å². The summed E-state index contributed by atoms with van der Waals surface area (Å²) in [7, 11) is 0. The fourth-order valence-electron chi connectivity index (χ4n) is 2.11. The Morgan fingerprint density at radius 3 is 2.25 bits per heavy atom. The maximum atomic E-state index is 12.3. The van der Waals surface area contributed by atoms with Gasteiger partial charge in [0, 0.05) is 6.42 Å². The van der Waals surface area contributed by atoms with Gasteiger partial charge in [-0.1, -0.05) is 26.7 Å². The Morgan fingerprint density at radius 1 is 1.12 bits per heavy atom. The lowest BCUT2D eigenvalue weighted by Gasteiger charge is -2.24. The average molecular weight is 344 g/mol. The van der Waals surface area contributed by atoms with Gasteiger partial charge in [-0.15, -0.1) is 0 Å². The number of amides is 2. The van der Waals surface area contributed by atoms with Gasteiger partial charge < -0.3 is 15.2 Å². The van der Waals surface area contributed by atoms with Crippen molar-refractivity contribution >= 4 is 18.0 Å². The summed E-state index contributed by atoms with van der Waals surface area (Å²) in [4.78, 5) is 34.5. The van der Waals surface area contributed by atoms with Crippen LogP contribution in [0.2, 0.25) is 0 Å². The fourth-order valence-corrected chi connectivity index (χ4v) is 2.11. The van der Waals surface area contributed by atoms with Gasteiger partial charge in [-0.05, 0) is 46.1 Å². The molecule has 0 saturated carbocycles. The molecule has 7 heteroatoms. The maximum absolute atomic E-state index is 12.3. The van der Waals surface area contributed by atoms with Gasteiger partial charge in [-0.2, -0.15) is 0 Å². The maximum Gasteiger partial charge on any atom is 0.414 e. The molecule has 0 spiro atoms. The summed E-state index contributed by atoms with van der Waals surface area (Å²) < 4.78 is 5.10. The van der Waals surface area contributed by atoms with Crippen molar-refractivity contribution in [2.75, 3.05) is 6.54 Å². The van der Waals surface area contributed by atoms with Crippen molar-refractivity contribution < 1.29 is 24.2 Å². The summed E-state index contributed by atoms with van der Waals surface area (Å²) in [6.07, 6.45) is 2.38. The largest absolute Gasteiger partial charge is 0.481 e. The molecule has 0 heterocycles. The highest BCUT2D eigenvalue weighted by atomic mass is 16.6. The standard InChI is InChI=1S/C17H32N2O5/c1-6-12(2)14(18-11-9-7-8-10-13(20)21)15(22)19-16(23)24-17(3,4)5/h12,14,18H,6-11H2,1-5H3,(H,20,21)(H,19,22,23)/t12-,14-/m0/s1. The van der Waals surface area contributed by atoms with Crippen LogP contribution in [-0.2, 0) is 14.3 Å². The highest BCUT2D eigenvalue weighted by Gasteiger charge is 2.26. The third-order valence-electron chi connectivity index (χ3n) is 3.55. The number of alkyl carbamates (subject to hydrolysis) is 1. The van der Waals surface area contributed by atoms with E-state index >= 15 is 0 Å². The first-order valence-electron chi connectivity index (χ1n) is 8.55. The number of hydrogen-bond donors (Lipinski definition) is 3. The van der Waals surface area contributed by atoms with Crippen molar-refractivity contribution in [2.45, 2.75) is 78.4 Å². The zero-order valence-electron chi connectivity index (χ0n) is 15.5. The van der Waals surface area contributed by atoms with Gasteiger partial charge in [0.15, 0.2) is 0 Å². The van der Waals surface area contributed by atoms with Gasteiger partial charge in [-0.3, -0.25) is 14.9 Å². The molecule has 0 aromatic heterocycles. The highest BCUT2D eigenvalue weighted by Crippen LogP contribution is 2.10. The first-order valence-corrected chi connectivity index (χ1v) is 8.55. The molecule has 0 fully saturated rings. The van der Waals surface area contributed by atoms with Crippen LogP contribution in [0.3, 0.4) is 0 Å². The quantitative estimate of drug-likeness (QED) is 0.526. The predicted molar refractivity (Wildman–Crippen MR) is 91.7 cm³/mol. The molecule has 0 aliphatic carbocycles. The minimum atomic E-state index is -0.794. The van der Waals surface area contributed by atoms with E-state index in [4.69, 9.17) is 9.84 Å². The Kier molecular flexibility index (Phi) is 10.3. The summed E-state index contributed by atoms with van der Waals surface area (Å²) in [6.45, 7) is 9.72. The summed E-state index contributed by atoms with van der Waals surface area (Å²) in [5.41, 5.74) is -0.659. The Hall–Kier alpha value is -1.63. The molecule has 0 saturated heterocycles. The Balaban J connectivity index is 4.37. The van der Waals surface area contributed by atoms with E-state index in [9.17, 15) is 14.4 Å². The van der Waals surface area contributed by atoms with Gasteiger partial charge in [0.1, 0.15) is 5.60 Å². The second kappa shape index (κ2) is 11.0. The SMILES string of the molecule is CC[C@H](C)[C@H](NCCCCCC(=O)O)C(=O)NC(=O)OC(C)(C)C. The minimum Gasteiger partial charge on any atom is -0.481 e. The zero-order chi connectivity index (χ0) is 18.8. The van der Waals surface area contributed by atoms with Crippen LogP contribution in [0.15, 0.2) is 0 Å². The van der Waals surface area contributed by atoms with Crippen LogP contribution < -0.4 is 10.6 Å². The lowest BCUT2D eigenvalue weighted by molar-refractivity contribution is -0.137. The molecule has 0 aromatic carbocycles. The molecule has 140 valence electrons. The van der Waals surface area contributed by atoms with Crippen LogP contribution in [0.5, 0.6) is 0 Å². The van der Waals surface area contributed by atoms with Crippen LogP contribution in [0.25, 0.3) is 0 Å². The topological polar surface area (TPSA) is 105 Å². The molecule has 0 aliphatic heterocycles. The van der Waals surface area contributed by atoms with E-state index in [-0.39, 0.29) is 12.3 Å². The molecule has 24 heavy (non-hydrogen) atoms. The van der Waals surface area contributed by atoms with Crippen molar-refractivity contribution in [3.05, 3.63) is 0 Å². The first-order chi connectivity index (χ1) is 11.1. The third-order valence-corrected chi connectivity index (χ3v) is 3.55. The Labute approximate surface area is 144 Å². The lowest BCUT2D eigenvalue weighted by atomic mass is 9.98. The number of imide groups is 1. The molecule has 0 aliphatic rings. The number of carboxylic acid groups (broad SMARTS) is 1. The van der Waals surface area contributed by atoms with E-state index in [2.05, 4.69) is 10.6 Å². The van der Waals surface area contributed by atoms with Crippen molar-refractivity contribution in [2.24, 2.45) is 5.92 Å². The van der Waals surface area contributed by atoms with Gasteiger partial charge in [0.05, 0.1) is 6.04 Å². The van der Waals surface area contributed by atoms with Crippen LogP contribution in [-0.4, -0.2) is 41.3 Å². The fraction of sp³-hybridized carbons (Fsp3) is 0.824. The molecule has 2 amide bonds. The number of ether oxygens (including phenoxy) is 1. The van der Waals surface area contributed by atoms with Gasteiger partial charge in [-0.25, -0.2) is 4.79 Å². The Bertz CT molecular complexity index is 418. The first kappa shape index (κ1) is 22.4. The third kappa shape index (κ3) is 11.0. The number of carboxylic acids is 1. The monoisotopic (exact) mass is 344 g/mol. The second-order valence-corrected chi connectivity index (χ2v) is 7.01. The number of nitrogens with one attached hydrogen (secondary N) is 2. The smallest absolute Gasteiger partial charge is 0.414 e. The van der Waals surface area contributed by atoms with Crippen molar-refractivity contribution in [1.82, 2.24) is 10.6 Å². The van der Waals surface area contributed by atoms with E-state index in [1.807, 2.05) is 13.8 Å². The number of rotatable bonds is 10. The van der Waals surface area contributed by atoms with Gasteiger partial charge in [0.25, 0.3) is 0 Å². The molecule has 2 atom stereocenters. The van der Waals surface area contributed by atoms with Crippen molar-refractivity contribution in [3.8, 4) is 0 Å². The molecular formula is C17H32N2O5. The number of aliphatic carboxylic acids is 1. The normalized spacial score (nSPS) is 13.9. The summed E-state index contributed by atoms with van der Waals surface area (Å²) in [5.74, 6) is -1.13. The average Bonchev–Trinajstić information content (AvgIpc) is 2.43. The van der Waals surface area contributed by atoms with Gasteiger partial charge >= 0.3 is 12.1 Å². The van der Waals surface area contributed by atoms with E-state index in [0.29, 0.717) is 13.0 Å². The van der Waals surface area contributed by atoms with Crippen LogP contribution in [0.4, 0.5) is 4.79 Å². The number of carbonyl (C=O) groups is 3. The molecule has 7 nitrogen and oxygen atoms in total. The molecule has 0 unspecified atom stereocenters. The molecule has 0 aromatic rings. The molecule has 0 rings (SSSR count). The lowest BCUT2D eigenvalue weighted by Crippen LogP contribution is -2.50.